The van der Waals surface area contributed by atoms with Crippen LogP contribution in [-0.2, 0) is 29.1 Å². The summed E-state index contributed by atoms with van der Waals surface area (Å²) in [6.07, 6.45) is 0.114. The van der Waals surface area contributed by atoms with Gasteiger partial charge in [0.1, 0.15) is 6.04 Å². The molecule has 0 saturated carbocycles. The van der Waals surface area contributed by atoms with Gasteiger partial charge in [0.2, 0.25) is 21.8 Å². The number of esters is 1. The number of carbonyl (C=O) groups is 3. The predicted octanol–water partition coefficient (Wildman–Crippen LogP) is -1.73. The highest BCUT2D eigenvalue weighted by molar-refractivity contribution is 7.90. The summed E-state index contributed by atoms with van der Waals surface area (Å²) in [4.78, 5) is 33.4. The molecule has 102 valence electrons. The van der Waals surface area contributed by atoms with Gasteiger partial charge in [-0.1, -0.05) is 0 Å². The number of rotatable bonds is 4. The molecule has 0 bridgehead atoms. The van der Waals surface area contributed by atoms with Crippen LogP contribution in [0.4, 0.5) is 0 Å². The van der Waals surface area contributed by atoms with Gasteiger partial charge in [-0.2, -0.15) is 0 Å². The van der Waals surface area contributed by atoms with E-state index in [1.54, 1.807) is 0 Å². The molecule has 2 unspecified atom stereocenters. The second kappa shape index (κ2) is 5.44. The Morgan fingerprint density at radius 2 is 2.11 bits per heavy atom. The van der Waals surface area contributed by atoms with E-state index in [1.807, 2.05) is 5.32 Å². The van der Waals surface area contributed by atoms with Crippen LogP contribution >= 0.6 is 0 Å². The highest BCUT2D eigenvalue weighted by atomic mass is 32.2. The highest BCUT2D eigenvalue weighted by Gasteiger charge is 2.35. The smallest absolute Gasteiger partial charge is 0.325 e. The van der Waals surface area contributed by atoms with Gasteiger partial charge in [-0.15, -0.1) is 0 Å². The molecule has 0 aromatic carbocycles. The third-order valence-corrected chi connectivity index (χ3v) is 4.28. The lowest BCUT2D eigenvalue weighted by Crippen LogP contribution is -2.54. The average molecular weight is 278 g/mol. The molecule has 1 aliphatic heterocycles. The number of carbonyl (C=O) groups excluding carboxylic acids is 3. The van der Waals surface area contributed by atoms with Gasteiger partial charge >= 0.3 is 5.97 Å². The van der Waals surface area contributed by atoms with Gasteiger partial charge in [-0.05, 0) is 13.3 Å². The van der Waals surface area contributed by atoms with Crippen molar-refractivity contribution in [2.24, 2.45) is 0 Å². The van der Waals surface area contributed by atoms with E-state index in [1.165, 1.54) is 0 Å². The van der Waals surface area contributed by atoms with E-state index < -0.39 is 39.1 Å². The molecular formula is C9H14N2O6S. The zero-order valence-electron chi connectivity index (χ0n) is 9.93. The van der Waals surface area contributed by atoms with Gasteiger partial charge in [0.05, 0.1) is 7.11 Å². The van der Waals surface area contributed by atoms with Crippen molar-refractivity contribution in [1.82, 2.24) is 10.0 Å². The van der Waals surface area contributed by atoms with E-state index in [4.69, 9.17) is 0 Å². The number of nitrogens with one attached hydrogen (secondary N) is 2. The van der Waals surface area contributed by atoms with Crippen molar-refractivity contribution in [3.05, 3.63) is 0 Å². The molecule has 18 heavy (non-hydrogen) atoms. The molecule has 0 aliphatic carbocycles. The zero-order chi connectivity index (χ0) is 13.9. The molecule has 0 radical (unpaired) electrons. The van der Waals surface area contributed by atoms with Crippen LogP contribution in [-0.4, -0.2) is 44.6 Å². The van der Waals surface area contributed by atoms with E-state index in [0.717, 1.165) is 14.0 Å². The summed E-state index contributed by atoms with van der Waals surface area (Å²) in [7, 11) is -2.95. The van der Waals surface area contributed by atoms with Gasteiger partial charge in [0, 0.05) is 6.42 Å². The molecule has 1 aliphatic rings. The number of sulfonamides is 1. The average Bonchev–Trinajstić information content (AvgIpc) is 2.30. The zero-order valence-corrected chi connectivity index (χ0v) is 10.7. The summed E-state index contributed by atoms with van der Waals surface area (Å²) in [5.74, 6) is -2.09. The second-order valence-electron chi connectivity index (χ2n) is 3.83. The summed E-state index contributed by atoms with van der Waals surface area (Å²) >= 11 is 0. The molecule has 2 atom stereocenters. The first kappa shape index (κ1) is 14.6. The normalized spacial score (nSPS) is 22.2. The van der Waals surface area contributed by atoms with Crippen molar-refractivity contribution in [2.75, 3.05) is 7.11 Å². The molecule has 2 amide bonds. The topological polar surface area (TPSA) is 119 Å². The molecule has 1 saturated heterocycles. The number of imide groups is 1. The van der Waals surface area contributed by atoms with Gasteiger partial charge in [-0.25, -0.2) is 13.1 Å². The maximum absolute atomic E-state index is 11.7. The van der Waals surface area contributed by atoms with E-state index in [9.17, 15) is 22.8 Å². The van der Waals surface area contributed by atoms with Gasteiger partial charge in [0.25, 0.3) is 0 Å². The lowest BCUT2D eigenvalue weighted by molar-refractivity contribution is -0.140. The summed E-state index contributed by atoms with van der Waals surface area (Å²) in [5.41, 5.74) is 0. The van der Waals surface area contributed by atoms with Crippen LogP contribution in [0, 0.1) is 0 Å². The molecular weight excluding hydrogens is 264 g/mol. The minimum Gasteiger partial charge on any atom is -0.468 e. The molecule has 1 heterocycles. The number of hydrogen-bond acceptors (Lipinski definition) is 6. The highest BCUT2D eigenvalue weighted by Crippen LogP contribution is 2.09. The molecule has 0 aromatic rings. The van der Waals surface area contributed by atoms with Crippen molar-refractivity contribution in [3.63, 3.8) is 0 Å². The standard InChI is InChI=1S/C9H14N2O6S/c1-5(9(14)17-2)18(15,16)11-6-3-4-7(12)10-8(6)13/h5-6,11H,3-4H2,1-2H3,(H,10,12,13). The summed E-state index contributed by atoms with van der Waals surface area (Å²) in [6, 6.07) is -1.04. The summed E-state index contributed by atoms with van der Waals surface area (Å²) in [5, 5.41) is 0.590. The monoisotopic (exact) mass is 278 g/mol. The van der Waals surface area contributed by atoms with Crippen LogP contribution in [0.1, 0.15) is 19.8 Å². The third kappa shape index (κ3) is 3.26. The maximum atomic E-state index is 11.7. The molecule has 0 aromatic heterocycles. The fraction of sp³-hybridized carbons (Fsp3) is 0.667. The third-order valence-electron chi connectivity index (χ3n) is 2.54. The van der Waals surface area contributed by atoms with E-state index in [0.29, 0.717) is 0 Å². The Balaban J connectivity index is 2.74. The number of ether oxygens (including phenoxy) is 1. The fourth-order valence-corrected chi connectivity index (χ4v) is 2.57. The minimum absolute atomic E-state index is 0.0472. The summed E-state index contributed by atoms with van der Waals surface area (Å²) in [6.45, 7) is 1.15. The molecule has 9 heteroatoms. The Morgan fingerprint density at radius 1 is 1.50 bits per heavy atom. The SMILES string of the molecule is COC(=O)C(C)S(=O)(=O)NC1CCC(=O)NC1=O. The first-order chi connectivity index (χ1) is 8.27. The van der Waals surface area contributed by atoms with Crippen molar-refractivity contribution < 1.29 is 27.5 Å². The van der Waals surface area contributed by atoms with E-state index in [-0.39, 0.29) is 12.8 Å². The molecule has 2 N–H and O–H groups in total. The van der Waals surface area contributed by atoms with Crippen molar-refractivity contribution >= 4 is 27.8 Å². The first-order valence-electron chi connectivity index (χ1n) is 5.20. The lowest BCUT2D eigenvalue weighted by Gasteiger charge is -2.22. The number of hydrogen-bond donors (Lipinski definition) is 2. The Bertz CT molecular complexity index is 471. The number of methoxy groups -OCH3 is 1. The van der Waals surface area contributed by atoms with E-state index in [2.05, 4.69) is 9.46 Å². The van der Waals surface area contributed by atoms with Crippen molar-refractivity contribution in [1.29, 1.82) is 0 Å². The molecule has 0 spiro atoms. The Hall–Kier alpha value is -1.48. The Kier molecular flexibility index (Phi) is 4.41. The van der Waals surface area contributed by atoms with Crippen LogP contribution in [0.5, 0.6) is 0 Å². The first-order valence-corrected chi connectivity index (χ1v) is 6.75. The van der Waals surface area contributed by atoms with Crippen LogP contribution in [0.15, 0.2) is 0 Å². The number of piperidine rings is 1. The second-order valence-corrected chi connectivity index (χ2v) is 5.86. The van der Waals surface area contributed by atoms with Gasteiger partial charge in [-0.3, -0.25) is 19.7 Å². The molecule has 8 nitrogen and oxygen atoms in total. The minimum atomic E-state index is -4.02. The van der Waals surface area contributed by atoms with E-state index >= 15 is 0 Å². The van der Waals surface area contributed by atoms with Crippen molar-refractivity contribution in [2.45, 2.75) is 31.1 Å². The van der Waals surface area contributed by atoms with Crippen LogP contribution in [0.3, 0.4) is 0 Å². The molecule has 1 fully saturated rings. The predicted molar refractivity (Wildman–Crippen MR) is 59.7 cm³/mol. The van der Waals surface area contributed by atoms with Gasteiger partial charge < -0.3 is 4.74 Å². The van der Waals surface area contributed by atoms with Crippen molar-refractivity contribution in [3.8, 4) is 0 Å². The van der Waals surface area contributed by atoms with Gasteiger partial charge in [0.15, 0.2) is 5.25 Å². The fourth-order valence-electron chi connectivity index (χ4n) is 1.40. The largest absolute Gasteiger partial charge is 0.468 e. The number of amides is 2. The van der Waals surface area contributed by atoms with Crippen LogP contribution in [0.25, 0.3) is 0 Å². The molecule has 1 rings (SSSR count). The maximum Gasteiger partial charge on any atom is 0.325 e. The lowest BCUT2D eigenvalue weighted by atomic mass is 10.1. The Labute approximate surface area is 104 Å². The van der Waals surface area contributed by atoms with Crippen LogP contribution < -0.4 is 10.0 Å². The summed E-state index contributed by atoms with van der Waals surface area (Å²) < 4.78 is 29.9. The van der Waals surface area contributed by atoms with Crippen LogP contribution in [0.2, 0.25) is 0 Å². The quantitative estimate of drug-likeness (QED) is 0.466. The Morgan fingerprint density at radius 3 is 2.61 bits per heavy atom.